The monoisotopic (exact) mass is 477 g/mol. The summed E-state index contributed by atoms with van der Waals surface area (Å²) < 4.78 is 71.0. The van der Waals surface area contributed by atoms with E-state index >= 15 is 0 Å². The summed E-state index contributed by atoms with van der Waals surface area (Å²) in [6, 6.07) is 12.8. The average molecular weight is 477 g/mol. The number of fused-ring (bicyclic) bond motifs is 1. The second-order valence-electron chi connectivity index (χ2n) is 7.46. The molecule has 7 nitrogen and oxygen atoms in total. The fourth-order valence-corrected chi connectivity index (χ4v) is 4.81. The highest BCUT2D eigenvalue weighted by molar-refractivity contribution is 7.92. The number of nitrogens with one attached hydrogen (secondary N) is 1. The van der Waals surface area contributed by atoms with Crippen LogP contribution in [-0.2, 0) is 27.4 Å². The number of carbonyl (C=O) groups is 1. The molecule has 11 heteroatoms. The lowest BCUT2D eigenvalue weighted by Crippen LogP contribution is -2.23. The topological polar surface area (TPSA) is 94.2 Å². The van der Waals surface area contributed by atoms with Crippen LogP contribution in [0.1, 0.15) is 16.9 Å². The maximum atomic E-state index is 13.0. The lowest BCUT2D eigenvalue weighted by Gasteiger charge is -2.09. The smallest absolute Gasteiger partial charge is 0.360 e. The number of halogens is 3. The van der Waals surface area contributed by atoms with Gasteiger partial charge in [-0.25, -0.2) is 8.42 Å². The largest absolute Gasteiger partial charge is 0.416 e. The maximum Gasteiger partial charge on any atom is 0.416 e. The number of aryl methyl sites for hydroxylation is 1. The molecular weight excluding hydrogens is 459 g/mol. The highest BCUT2D eigenvalue weighted by Crippen LogP contribution is 2.30. The second kappa shape index (κ2) is 8.39. The third-order valence-electron chi connectivity index (χ3n) is 4.94. The summed E-state index contributed by atoms with van der Waals surface area (Å²) in [4.78, 5) is 12.2. The molecule has 0 aliphatic carbocycles. The van der Waals surface area contributed by atoms with Crippen LogP contribution in [0.15, 0.2) is 70.2 Å². The molecule has 4 rings (SSSR count). The summed E-state index contributed by atoms with van der Waals surface area (Å²) in [6.45, 7) is 1.78. The number of sulfone groups is 1. The minimum absolute atomic E-state index is 0.0449. The number of anilines is 1. The van der Waals surface area contributed by atoms with Crippen LogP contribution in [0.25, 0.3) is 10.9 Å². The zero-order valence-corrected chi connectivity index (χ0v) is 18.1. The van der Waals surface area contributed by atoms with E-state index in [1.54, 1.807) is 35.8 Å². The summed E-state index contributed by atoms with van der Waals surface area (Å²) in [6.07, 6.45) is -3.05. The van der Waals surface area contributed by atoms with E-state index < -0.39 is 33.2 Å². The third kappa shape index (κ3) is 4.92. The van der Waals surface area contributed by atoms with Crippen molar-refractivity contribution in [2.24, 2.45) is 0 Å². The van der Waals surface area contributed by atoms with Crippen LogP contribution in [0.4, 0.5) is 19.0 Å². The van der Waals surface area contributed by atoms with E-state index in [4.69, 9.17) is 4.52 Å². The lowest BCUT2D eigenvalue weighted by atomic mass is 10.1. The Morgan fingerprint density at radius 3 is 2.45 bits per heavy atom. The van der Waals surface area contributed by atoms with Gasteiger partial charge in [0.15, 0.2) is 15.7 Å². The Kier molecular flexibility index (Phi) is 5.75. The molecule has 1 N–H and O–H groups in total. The molecular formula is C22H18F3N3O4S. The summed E-state index contributed by atoms with van der Waals surface area (Å²) in [7, 11) is -4.04. The maximum absolute atomic E-state index is 13.0. The number of rotatable bonds is 6. The van der Waals surface area contributed by atoms with Crippen LogP contribution in [-0.4, -0.2) is 29.8 Å². The first-order chi connectivity index (χ1) is 15.5. The molecule has 0 atom stereocenters. The Labute approximate surface area is 186 Å². The summed E-state index contributed by atoms with van der Waals surface area (Å²) in [5.41, 5.74) is 0.371. The van der Waals surface area contributed by atoms with Crippen molar-refractivity contribution in [2.45, 2.75) is 24.5 Å². The normalized spacial score (nSPS) is 12.2. The van der Waals surface area contributed by atoms with Crippen LogP contribution in [0.2, 0.25) is 0 Å². The van der Waals surface area contributed by atoms with Crippen LogP contribution in [0.5, 0.6) is 0 Å². The van der Waals surface area contributed by atoms with Crippen molar-refractivity contribution in [3.8, 4) is 0 Å². The molecule has 2 aromatic heterocycles. The standard InChI is InChI=1S/C22H18F3N3O4S/c1-14-10-20(27-32-14)26-21(29)13-33(30,31)19-12-28(18-5-3-2-4-17(18)19)11-15-6-8-16(9-7-15)22(23,24)25/h2-10,12H,11,13H2,1H3,(H,26,27,29). The Balaban J connectivity index is 1.61. The van der Waals surface area contributed by atoms with Crippen LogP contribution < -0.4 is 5.32 Å². The zero-order valence-electron chi connectivity index (χ0n) is 17.3. The molecule has 0 radical (unpaired) electrons. The fourth-order valence-electron chi connectivity index (χ4n) is 3.44. The molecule has 0 spiro atoms. The first-order valence-electron chi connectivity index (χ1n) is 9.73. The number of alkyl halides is 3. The highest BCUT2D eigenvalue weighted by Gasteiger charge is 2.30. The van der Waals surface area contributed by atoms with Gasteiger partial charge in [-0.05, 0) is 30.7 Å². The van der Waals surface area contributed by atoms with E-state index in [0.717, 1.165) is 12.1 Å². The highest BCUT2D eigenvalue weighted by atomic mass is 32.2. The van der Waals surface area contributed by atoms with Gasteiger partial charge >= 0.3 is 6.18 Å². The molecule has 4 aromatic rings. The van der Waals surface area contributed by atoms with Gasteiger partial charge in [-0.1, -0.05) is 35.5 Å². The Hall–Kier alpha value is -3.60. The minimum atomic E-state index is -4.44. The van der Waals surface area contributed by atoms with Crippen LogP contribution in [0, 0.1) is 6.92 Å². The van der Waals surface area contributed by atoms with Gasteiger partial charge in [0, 0.05) is 29.7 Å². The van der Waals surface area contributed by atoms with Gasteiger partial charge in [0.05, 0.1) is 10.5 Å². The molecule has 0 saturated heterocycles. The number of hydrogen-bond donors (Lipinski definition) is 1. The molecule has 0 aliphatic rings. The number of para-hydroxylation sites is 1. The number of aromatic nitrogens is 2. The van der Waals surface area contributed by atoms with Gasteiger partial charge in [-0.15, -0.1) is 0 Å². The van der Waals surface area contributed by atoms with Crippen molar-refractivity contribution in [1.29, 1.82) is 0 Å². The molecule has 0 bridgehead atoms. The number of carbonyl (C=O) groups excluding carboxylic acids is 1. The molecule has 2 aromatic carbocycles. The molecule has 172 valence electrons. The number of amides is 1. The van der Waals surface area contributed by atoms with Crippen LogP contribution in [0.3, 0.4) is 0 Å². The molecule has 33 heavy (non-hydrogen) atoms. The fraction of sp³-hybridized carbons (Fsp3) is 0.182. The molecule has 0 fully saturated rings. The molecule has 0 saturated carbocycles. The third-order valence-corrected chi connectivity index (χ3v) is 6.58. The average Bonchev–Trinajstić information content (AvgIpc) is 3.31. The van der Waals surface area contributed by atoms with Crippen LogP contribution >= 0.6 is 0 Å². The first-order valence-corrected chi connectivity index (χ1v) is 11.4. The molecule has 2 heterocycles. The van der Waals surface area contributed by atoms with Crippen molar-refractivity contribution in [3.63, 3.8) is 0 Å². The van der Waals surface area contributed by atoms with E-state index in [1.165, 1.54) is 24.4 Å². The summed E-state index contributed by atoms with van der Waals surface area (Å²) in [5, 5.41) is 6.40. The lowest BCUT2D eigenvalue weighted by molar-refractivity contribution is -0.137. The van der Waals surface area contributed by atoms with Gasteiger partial charge in [0.1, 0.15) is 11.5 Å². The first kappa shape index (κ1) is 22.6. The Morgan fingerprint density at radius 2 is 1.82 bits per heavy atom. The van der Waals surface area contributed by atoms with Crippen molar-refractivity contribution < 1.29 is 30.9 Å². The van der Waals surface area contributed by atoms with Gasteiger partial charge in [-0.2, -0.15) is 13.2 Å². The van der Waals surface area contributed by atoms with E-state index in [9.17, 15) is 26.4 Å². The van der Waals surface area contributed by atoms with Crippen molar-refractivity contribution in [3.05, 3.63) is 77.7 Å². The SMILES string of the molecule is Cc1cc(NC(=O)CS(=O)(=O)c2cn(Cc3ccc(C(F)(F)F)cc3)c3ccccc23)no1. The number of benzene rings is 2. The van der Waals surface area contributed by atoms with Crippen molar-refractivity contribution in [1.82, 2.24) is 9.72 Å². The summed E-state index contributed by atoms with van der Waals surface area (Å²) >= 11 is 0. The molecule has 0 unspecified atom stereocenters. The van der Waals surface area contributed by atoms with Gasteiger partial charge in [0.2, 0.25) is 5.91 Å². The van der Waals surface area contributed by atoms with E-state index in [2.05, 4.69) is 10.5 Å². The van der Waals surface area contributed by atoms with Gasteiger partial charge < -0.3 is 14.4 Å². The zero-order chi connectivity index (χ0) is 23.8. The Bertz CT molecular complexity index is 1420. The number of nitrogens with zero attached hydrogens (tertiary/aromatic N) is 2. The quantitative estimate of drug-likeness (QED) is 0.444. The predicted molar refractivity (Wildman–Crippen MR) is 114 cm³/mol. The van der Waals surface area contributed by atoms with Crippen molar-refractivity contribution in [2.75, 3.05) is 11.1 Å². The van der Waals surface area contributed by atoms with E-state index in [0.29, 0.717) is 22.2 Å². The molecule has 1 amide bonds. The minimum Gasteiger partial charge on any atom is -0.360 e. The summed E-state index contributed by atoms with van der Waals surface area (Å²) in [5.74, 6) is -1.02. The van der Waals surface area contributed by atoms with Gasteiger partial charge in [0.25, 0.3) is 0 Å². The van der Waals surface area contributed by atoms with E-state index in [1.807, 2.05) is 0 Å². The van der Waals surface area contributed by atoms with Gasteiger partial charge in [-0.3, -0.25) is 4.79 Å². The van der Waals surface area contributed by atoms with E-state index in [-0.39, 0.29) is 17.3 Å². The second-order valence-corrected chi connectivity index (χ2v) is 9.42. The predicted octanol–water partition coefficient (Wildman–Crippen LogP) is 4.42. The Morgan fingerprint density at radius 1 is 1.12 bits per heavy atom. The molecule has 0 aliphatic heterocycles. The van der Waals surface area contributed by atoms with Crippen molar-refractivity contribution >= 4 is 32.5 Å². The number of hydrogen-bond acceptors (Lipinski definition) is 5.